The Balaban J connectivity index is 1.56. The monoisotopic (exact) mass is 582 g/mol. The van der Waals surface area contributed by atoms with Crippen molar-refractivity contribution in [3.05, 3.63) is 108 Å². The van der Waals surface area contributed by atoms with Gasteiger partial charge in [-0.15, -0.1) is 0 Å². The Morgan fingerprint density at radius 1 is 1.02 bits per heavy atom. The Hall–Kier alpha value is -4.48. The van der Waals surface area contributed by atoms with E-state index in [-0.39, 0.29) is 48.1 Å². The zero-order valence-electron chi connectivity index (χ0n) is 22.5. The number of benzene rings is 2. The van der Waals surface area contributed by atoms with Crippen LogP contribution in [0.25, 0.3) is 22.0 Å². The molecule has 1 amide bonds. The number of rotatable bonds is 13. The lowest BCUT2D eigenvalue weighted by molar-refractivity contribution is -0.123. The number of aromatic amines is 1. The van der Waals surface area contributed by atoms with Gasteiger partial charge in [0.1, 0.15) is 12.4 Å². The molecule has 42 heavy (non-hydrogen) atoms. The van der Waals surface area contributed by atoms with E-state index in [0.717, 1.165) is 0 Å². The van der Waals surface area contributed by atoms with Gasteiger partial charge in [-0.1, -0.05) is 42.5 Å². The fraction of sp³-hybridized carbons (Fsp3) is 0.226. The number of pyridine rings is 1. The second-order valence-corrected chi connectivity index (χ2v) is 9.26. The van der Waals surface area contributed by atoms with Crippen molar-refractivity contribution in [3.63, 3.8) is 0 Å². The van der Waals surface area contributed by atoms with E-state index in [1.54, 1.807) is 60.7 Å². The quantitative estimate of drug-likeness (QED) is 0.0748. The highest BCUT2D eigenvalue weighted by molar-refractivity contribution is 6.00. The molecule has 4 N–H and O–H groups in total. The number of aliphatic hydroxyl groups excluding tert-OH is 1. The van der Waals surface area contributed by atoms with Crippen LogP contribution in [0.5, 0.6) is 5.88 Å². The summed E-state index contributed by atoms with van der Waals surface area (Å²) in [6, 6.07) is 16.3. The van der Waals surface area contributed by atoms with Crippen molar-refractivity contribution < 1.29 is 32.2 Å². The van der Waals surface area contributed by atoms with Gasteiger partial charge < -0.3 is 25.5 Å². The summed E-state index contributed by atoms with van der Waals surface area (Å²) in [5.41, 5.74) is 2.09. The van der Waals surface area contributed by atoms with Gasteiger partial charge in [0.15, 0.2) is 0 Å². The van der Waals surface area contributed by atoms with Gasteiger partial charge >= 0.3 is 6.18 Å². The normalized spacial score (nSPS) is 12.5. The standard InChI is InChI=1S/C31H30F4N4O3/c32-26-20-38-27-10-8-22(17-24(26)27)30(25(18-31(33,34)35)21-5-2-1-3-6-21)23-9-11-29(39-19-23)42-16-14-36-12-4-7-28(41)37-13-15-40/h1-11,17,19-20,36,38,40H,12-16,18H2,(H,37,41)/b7-4+,30-25-. The smallest absolute Gasteiger partial charge is 0.393 e. The minimum absolute atomic E-state index is 0.0381. The van der Waals surface area contributed by atoms with Gasteiger partial charge in [-0.3, -0.25) is 4.79 Å². The maximum Gasteiger partial charge on any atom is 0.393 e. The fourth-order valence-corrected chi connectivity index (χ4v) is 4.36. The summed E-state index contributed by atoms with van der Waals surface area (Å²) in [4.78, 5) is 18.6. The maximum atomic E-state index is 14.4. The second-order valence-electron chi connectivity index (χ2n) is 9.26. The van der Waals surface area contributed by atoms with E-state index >= 15 is 0 Å². The molecule has 0 aliphatic rings. The van der Waals surface area contributed by atoms with Crippen LogP contribution in [0.4, 0.5) is 17.6 Å². The van der Waals surface area contributed by atoms with E-state index in [9.17, 15) is 22.4 Å². The molecular weight excluding hydrogens is 552 g/mol. The molecule has 0 saturated carbocycles. The summed E-state index contributed by atoms with van der Waals surface area (Å²) >= 11 is 0. The zero-order chi connectivity index (χ0) is 30.0. The van der Waals surface area contributed by atoms with Crippen LogP contribution in [0.3, 0.4) is 0 Å². The average Bonchev–Trinajstić information content (AvgIpc) is 3.35. The van der Waals surface area contributed by atoms with Crippen LogP contribution in [-0.4, -0.2) is 60.0 Å². The van der Waals surface area contributed by atoms with Gasteiger partial charge in [-0.2, -0.15) is 13.2 Å². The molecule has 0 unspecified atom stereocenters. The van der Waals surface area contributed by atoms with Crippen molar-refractivity contribution in [2.75, 3.05) is 32.8 Å². The molecule has 4 aromatic rings. The Kier molecular flexibility index (Phi) is 10.5. The van der Waals surface area contributed by atoms with Crippen molar-refractivity contribution in [3.8, 4) is 5.88 Å². The number of carbonyl (C=O) groups excluding carboxylic acids is 1. The van der Waals surface area contributed by atoms with E-state index in [2.05, 4.69) is 20.6 Å². The number of allylic oxidation sites excluding steroid dienone is 1. The molecule has 2 aromatic carbocycles. The van der Waals surface area contributed by atoms with E-state index in [0.29, 0.717) is 35.3 Å². The van der Waals surface area contributed by atoms with Crippen molar-refractivity contribution in [2.24, 2.45) is 0 Å². The Labute approximate surface area is 239 Å². The number of halogens is 4. The summed E-state index contributed by atoms with van der Waals surface area (Å²) in [5.74, 6) is -0.522. The number of ether oxygens (including phenoxy) is 1. The van der Waals surface area contributed by atoms with Crippen LogP contribution >= 0.6 is 0 Å². The minimum Gasteiger partial charge on any atom is -0.476 e. The maximum absolute atomic E-state index is 14.4. The van der Waals surface area contributed by atoms with Gasteiger partial charge in [-0.05, 0) is 40.5 Å². The topological polar surface area (TPSA) is 99.3 Å². The highest BCUT2D eigenvalue weighted by atomic mass is 19.4. The lowest BCUT2D eigenvalue weighted by Crippen LogP contribution is -2.25. The highest BCUT2D eigenvalue weighted by Crippen LogP contribution is 2.40. The van der Waals surface area contributed by atoms with E-state index in [1.807, 2.05) is 0 Å². The van der Waals surface area contributed by atoms with Crippen molar-refractivity contribution in [2.45, 2.75) is 12.6 Å². The number of alkyl halides is 3. The first-order chi connectivity index (χ1) is 20.2. The summed E-state index contributed by atoms with van der Waals surface area (Å²) < 4.78 is 61.7. The predicted molar refractivity (Wildman–Crippen MR) is 153 cm³/mol. The molecule has 0 atom stereocenters. The van der Waals surface area contributed by atoms with Crippen molar-refractivity contribution in [1.29, 1.82) is 0 Å². The first-order valence-electron chi connectivity index (χ1n) is 13.2. The van der Waals surface area contributed by atoms with Gasteiger partial charge in [0, 0.05) is 60.6 Å². The molecule has 4 rings (SSSR count). The number of nitrogens with zero attached hydrogens (tertiary/aromatic N) is 1. The minimum atomic E-state index is -4.50. The molecule has 0 fully saturated rings. The van der Waals surface area contributed by atoms with Gasteiger partial charge in [-0.25, -0.2) is 9.37 Å². The number of fused-ring (bicyclic) bond motifs is 1. The summed E-state index contributed by atoms with van der Waals surface area (Å²) in [6.45, 7) is 1.18. The SMILES string of the molecule is O=C(/C=C/CNCCOc1ccc(/C(=C(/CC(F)(F)F)c2ccccc2)c2ccc3[nH]cc(F)c3c2)cn1)NCCO. The van der Waals surface area contributed by atoms with Crippen LogP contribution < -0.4 is 15.4 Å². The molecule has 0 aliphatic carbocycles. The zero-order valence-corrected chi connectivity index (χ0v) is 22.5. The van der Waals surface area contributed by atoms with Gasteiger partial charge in [0.2, 0.25) is 11.8 Å². The van der Waals surface area contributed by atoms with E-state index in [4.69, 9.17) is 9.84 Å². The molecule has 0 radical (unpaired) electrons. The van der Waals surface area contributed by atoms with Crippen LogP contribution in [-0.2, 0) is 4.79 Å². The largest absolute Gasteiger partial charge is 0.476 e. The summed E-state index contributed by atoms with van der Waals surface area (Å²) in [7, 11) is 0. The molecule has 0 spiro atoms. The average molecular weight is 583 g/mol. The fourth-order valence-electron chi connectivity index (χ4n) is 4.36. The number of aliphatic hydroxyl groups is 1. The van der Waals surface area contributed by atoms with Crippen LogP contribution in [0.2, 0.25) is 0 Å². The van der Waals surface area contributed by atoms with Gasteiger partial charge in [0.25, 0.3) is 0 Å². The van der Waals surface area contributed by atoms with E-state index < -0.39 is 18.4 Å². The predicted octanol–water partition coefficient (Wildman–Crippen LogP) is 5.25. The molecule has 220 valence electrons. The first kappa shape index (κ1) is 30.5. The Morgan fingerprint density at radius 2 is 1.81 bits per heavy atom. The van der Waals surface area contributed by atoms with Crippen LogP contribution in [0, 0.1) is 5.82 Å². The summed E-state index contributed by atoms with van der Waals surface area (Å²) in [6.07, 6.45) is -0.0400. The van der Waals surface area contributed by atoms with Crippen LogP contribution in [0.1, 0.15) is 23.1 Å². The number of carbonyl (C=O) groups is 1. The van der Waals surface area contributed by atoms with Gasteiger partial charge in [0.05, 0.1) is 13.0 Å². The molecule has 7 nitrogen and oxygen atoms in total. The lowest BCUT2D eigenvalue weighted by atomic mass is 9.88. The number of hydrogen-bond acceptors (Lipinski definition) is 5. The second kappa shape index (κ2) is 14.4. The molecule has 2 aromatic heterocycles. The Bertz CT molecular complexity index is 1530. The van der Waals surface area contributed by atoms with Crippen LogP contribution in [0.15, 0.2) is 85.2 Å². The molecule has 0 aliphatic heterocycles. The molecule has 11 heteroatoms. The number of amides is 1. The third kappa shape index (κ3) is 8.51. The molecule has 0 bridgehead atoms. The number of hydrogen-bond donors (Lipinski definition) is 4. The third-order valence-electron chi connectivity index (χ3n) is 6.22. The lowest BCUT2D eigenvalue weighted by Gasteiger charge is -2.19. The molecule has 0 saturated heterocycles. The molecular formula is C31H30F4N4O3. The van der Waals surface area contributed by atoms with Crippen molar-refractivity contribution >= 4 is 28.0 Å². The molecule has 2 heterocycles. The Morgan fingerprint density at radius 3 is 2.52 bits per heavy atom. The first-order valence-corrected chi connectivity index (χ1v) is 13.2. The highest BCUT2D eigenvalue weighted by Gasteiger charge is 2.31. The summed E-state index contributed by atoms with van der Waals surface area (Å²) in [5, 5.41) is 14.5. The number of nitrogens with one attached hydrogen (secondary N) is 3. The van der Waals surface area contributed by atoms with Crippen molar-refractivity contribution in [1.82, 2.24) is 20.6 Å². The number of H-pyrrole nitrogens is 1. The van der Waals surface area contributed by atoms with E-state index in [1.165, 1.54) is 24.5 Å². The third-order valence-corrected chi connectivity index (χ3v) is 6.22. The number of aromatic nitrogens is 2.